The van der Waals surface area contributed by atoms with Crippen molar-refractivity contribution in [2.24, 2.45) is 46.3 Å². The van der Waals surface area contributed by atoms with Crippen LogP contribution in [0.25, 0.3) is 0 Å². The minimum Gasteiger partial charge on any atom is -0.407 e. The largest absolute Gasteiger partial charge is 0.407 e. The molecule has 3 saturated carbocycles. The van der Waals surface area contributed by atoms with Gasteiger partial charge < -0.3 is 9.53 Å². The fourth-order valence-electron chi connectivity index (χ4n) is 11.7. The zero-order valence-electron chi connectivity index (χ0n) is 30.2. The van der Waals surface area contributed by atoms with E-state index in [-0.39, 0.29) is 11.1 Å². The lowest BCUT2D eigenvalue weighted by molar-refractivity contribution is -0.0573. The monoisotopic (exact) mass is 640 g/mol. The fraction of sp³-hybridized carbons (Fsp3) is 0.674. The third-order valence-corrected chi connectivity index (χ3v) is 19.2. The first-order valence-corrected chi connectivity index (χ1v) is 20.9. The minimum absolute atomic E-state index is 0.0305. The summed E-state index contributed by atoms with van der Waals surface area (Å²) in [6.07, 6.45) is 16.5. The van der Waals surface area contributed by atoms with E-state index in [0.717, 1.165) is 49.0 Å². The summed E-state index contributed by atoms with van der Waals surface area (Å²) in [7, 11) is -2.47. The van der Waals surface area contributed by atoms with Crippen LogP contribution in [0, 0.1) is 46.3 Å². The molecule has 3 heteroatoms. The first-order valence-electron chi connectivity index (χ1n) is 19.0. The number of benzene rings is 2. The summed E-state index contributed by atoms with van der Waals surface area (Å²) in [6.45, 7) is 18.3. The summed E-state index contributed by atoms with van der Waals surface area (Å²) in [4.78, 5) is 0. The van der Waals surface area contributed by atoms with Gasteiger partial charge in [-0.15, -0.1) is 0 Å². The van der Waals surface area contributed by atoms with Crippen molar-refractivity contribution in [2.75, 3.05) is 6.61 Å². The number of rotatable bonds is 10. The van der Waals surface area contributed by atoms with Crippen LogP contribution in [0.2, 0.25) is 5.04 Å². The topological polar surface area (TPSA) is 29.5 Å². The predicted molar refractivity (Wildman–Crippen MR) is 197 cm³/mol. The summed E-state index contributed by atoms with van der Waals surface area (Å²) in [6, 6.07) is 22.2. The molecule has 6 rings (SSSR count). The van der Waals surface area contributed by atoms with Gasteiger partial charge in [-0.25, -0.2) is 0 Å². The maximum Gasteiger partial charge on any atom is 0.261 e. The van der Waals surface area contributed by atoms with Crippen molar-refractivity contribution in [3.63, 3.8) is 0 Å². The van der Waals surface area contributed by atoms with E-state index in [1.807, 2.05) is 0 Å². The summed E-state index contributed by atoms with van der Waals surface area (Å²) in [5.41, 5.74) is 2.46. The first-order chi connectivity index (χ1) is 21.9. The molecule has 4 aliphatic rings. The van der Waals surface area contributed by atoms with E-state index in [2.05, 4.69) is 115 Å². The number of aliphatic hydroxyl groups is 1. The van der Waals surface area contributed by atoms with Crippen LogP contribution >= 0.6 is 0 Å². The number of aliphatic hydroxyl groups excluding tert-OH is 1. The van der Waals surface area contributed by atoms with Crippen LogP contribution in [0.1, 0.15) is 119 Å². The van der Waals surface area contributed by atoms with Gasteiger partial charge in [0, 0.05) is 6.61 Å². The standard InChI is InChI=1S/C43H64O2Si/c1-31(30-45-46(41(3,4)5,35-17-10-8-11-18-35)36-19-12-9-13-20-36)15-14-16-32(2)38-23-24-39-37-22-21-33-29-34(44)25-27-42(33,6)40(37)26-28-43(38,39)7/h8-13,17-21,31-32,34,37-40,44H,14-16,22-30H2,1-7H3/t31?,32-,34+,37+,38-,39+,40+,42+,43-/m1/s1. The lowest BCUT2D eigenvalue weighted by Crippen LogP contribution is -2.66. The number of fused-ring (bicyclic) bond motifs is 5. The van der Waals surface area contributed by atoms with Gasteiger partial charge in [-0.1, -0.05) is 134 Å². The second-order valence-electron chi connectivity index (χ2n) is 17.9. The van der Waals surface area contributed by atoms with Crippen LogP contribution in [0.15, 0.2) is 72.3 Å². The maximum absolute atomic E-state index is 10.4. The van der Waals surface area contributed by atoms with Gasteiger partial charge >= 0.3 is 0 Å². The first kappa shape index (κ1) is 34.2. The maximum atomic E-state index is 10.4. The van der Waals surface area contributed by atoms with Crippen LogP contribution in [-0.2, 0) is 4.43 Å². The Morgan fingerprint density at radius 1 is 0.848 bits per heavy atom. The number of allylic oxidation sites excluding steroid dienone is 1. The summed E-state index contributed by atoms with van der Waals surface area (Å²) in [5.74, 6) is 4.80. The van der Waals surface area contributed by atoms with E-state index in [4.69, 9.17) is 4.43 Å². The molecule has 0 bridgehead atoms. The van der Waals surface area contributed by atoms with Crippen LogP contribution in [0.4, 0.5) is 0 Å². The quantitative estimate of drug-likeness (QED) is 0.207. The number of hydrogen-bond donors (Lipinski definition) is 1. The average molecular weight is 641 g/mol. The molecule has 0 heterocycles. The highest BCUT2D eigenvalue weighted by molar-refractivity contribution is 6.99. The smallest absolute Gasteiger partial charge is 0.261 e. The fourth-order valence-corrected chi connectivity index (χ4v) is 16.4. The van der Waals surface area contributed by atoms with E-state index in [0.29, 0.717) is 16.7 Å². The molecule has 0 aromatic heterocycles. The number of hydrogen-bond acceptors (Lipinski definition) is 2. The Morgan fingerprint density at radius 2 is 1.50 bits per heavy atom. The SMILES string of the molecule is CC(CCC[C@@H](C)[C@H]1CC[C@H]2[C@@H]3CC=C4C[C@@H](O)CC[C@]4(C)[C@H]3CC[C@]12C)CO[Si](c1ccccc1)(c1ccccc1)C(C)(C)C. The van der Waals surface area contributed by atoms with Crippen molar-refractivity contribution in [2.45, 2.75) is 130 Å². The van der Waals surface area contributed by atoms with Gasteiger partial charge in [0.2, 0.25) is 0 Å². The third kappa shape index (κ3) is 6.04. The Bertz CT molecular complexity index is 1290. The van der Waals surface area contributed by atoms with Crippen molar-refractivity contribution in [1.29, 1.82) is 0 Å². The van der Waals surface area contributed by atoms with E-state index < -0.39 is 8.32 Å². The van der Waals surface area contributed by atoms with Crippen molar-refractivity contribution < 1.29 is 9.53 Å². The van der Waals surface area contributed by atoms with E-state index in [9.17, 15) is 5.11 Å². The molecule has 0 amide bonds. The van der Waals surface area contributed by atoms with Gasteiger partial charge in [0.1, 0.15) is 0 Å². The Balaban J connectivity index is 1.07. The van der Waals surface area contributed by atoms with Gasteiger partial charge in [-0.2, -0.15) is 0 Å². The van der Waals surface area contributed by atoms with E-state index in [1.165, 1.54) is 68.2 Å². The molecule has 2 aromatic carbocycles. The molecule has 252 valence electrons. The van der Waals surface area contributed by atoms with E-state index in [1.54, 1.807) is 5.57 Å². The molecular formula is C43H64O2Si. The molecular weight excluding hydrogens is 577 g/mol. The summed E-state index contributed by atoms with van der Waals surface area (Å²) < 4.78 is 7.29. The Kier molecular flexibility index (Phi) is 9.90. The van der Waals surface area contributed by atoms with Crippen molar-refractivity contribution in [1.82, 2.24) is 0 Å². The molecule has 2 aromatic rings. The molecule has 0 saturated heterocycles. The summed E-state index contributed by atoms with van der Waals surface area (Å²) in [5, 5.41) is 13.2. The van der Waals surface area contributed by atoms with Crippen molar-refractivity contribution in [3.05, 3.63) is 72.3 Å². The van der Waals surface area contributed by atoms with Crippen molar-refractivity contribution >= 4 is 18.7 Å². The third-order valence-electron chi connectivity index (χ3n) is 14.2. The van der Waals surface area contributed by atoms with Crippen LogP contribution in [0.5, 0.6) is 0 Å². The normalized spacial score (nSPS) is 34.2. The van der Waals surface area contributed by atoms with Crippen LogP contribution < -0.4 is 10.4 Å². The molecule has 3 fully saturated rings. The van der Waals surface area contributed by atoms with Crippen LogP contribution in [-0.4, -0.2) is 26.1 Å². The van der Waals surface area contributed by atoms with E-state index >= 15 is 0 Å². The molecule has 0 spiro atoms. The van der Waals surface area contributed by atoms with Gasteiger partial charge in [-0.3, -0.25) is 0 Å². The molecule has 9 atom stereocenters. The zero-order chi connectivity index (χ0) is 32.7. The van der Waals surface area contributed by atoms with Crippen molar-refractivity contribution in [3.8, 4) is 0 Å². The minimum atomic E-state index is -2.47. The second kappa shape index (κ2) is 13.3. The Morgan fingerprint density at radius 3 is 2.13 bits per heavy atom. The molecule has 1 unspecified atom stereocenters. The molecule has 1 N–H and O–H groups in total. The van der Waals surface area contributed by atoms with Gasteiger partial charge in [0.25, 0.3) is 8.32 Å². The molecule has 0 radical (unpaired) electrons. The molecule has 2 nitrogen and oxygen atoms in total. The van der Waals surface area contributed by atoms with Gasteiger partial charge in [0.15, 0.2) is 0 Å². The zero-order valence-corrected chi connectivity index (χ0v) is 31.2. The lowest BCUT2D eigenvalue weighted by atomic mass is 9.47. The molecule has 0 aliphatic heterocycles. The van der Waals surface area contributed by atoms with Crippen LogP contribution in [0.3, 0.4) is 0 Å². The Labute approximate surface area is 283 Å². The lowest BCUT2D eigenvalue weighted by Gasteiger charge is -2.58. The Hall–Kier alpha value is -1.68. The highest BCUT2D eigenvalue weighted by Crippen LogP contribution is 2.67. The molecule has 46 heavy (non-hydrogen) atoms. The average Bonchev–Trinajstić information content (AvgIpc) is 3.39. The molecule has 4 aliphatic carbocycles. The predicted octanol–water partition coefficient (Wildman–Crippen LogP) is 9.95. The highest BCUT2D eigenvalue weighted by atomic mass is 28.4. The highest BCUT2D eigenvalue weighted by Gasteiger charge is 2.59. The second-order valence-corrected chi connectivity index (χ2v) is 22.2. The summed E-state index contributed by atoms with van der Waals surface area (Å²) >= 11 is 0. The van der Waals surface area contributed by atoms with Gasteiger partial charge in [0.05, 0.1) is 6.10 Å². The van der Waals surface area contributed by atoms with Gasteiger partial charge in [-0.05, 0) is 120 Å².